The summed E-state index contributed by atoms with van der Waals surface area (Å²) < 4.78 is 17.2. The van der Waals surface area contributed by atoms with Crippen LogP contribution in [0.4, 0.5) is 0 Å². The number of ether oxygens (including phenoxy) is 3. The molecule has 0 aliphatic rings. The van der Waals surface area contributed by atoms with Crippen molar-refractivity contribution < 1.29 is 23.8 Å². The number of esters is 2. The van der Waals surface area contributed by atoms with Gasteiger partial charge in [0.1, 0.15) is 6.61 Å². The molecule has 0 aliphatic heterocycles. The molecule has 62 heavy (non-hydrogen) atoms. The Balaban J connectivity index is 4.50. The third-order valence-electron chi connectivity index (χ3n) is 9.65. The van der Waals surface area contributed by atoms with E-state index in [0.29, 0.717) is 25.9 Å². The minimum absolute atomic E-state index is 0.0191. The maximum Gasteiger partial charge on any atom is 0.306 e. The second-order valence-corrected chi connectivity index (χ2v) is 15.6. The number of rotatable bonds is 43. The average Bonchev–Trinajstić information content (AvgIpc) is 3.27. The van der Waals surface area contributed by atoms with E-state index in [9.17, 15) is 9.59 Å². The summed E-state index contributed by atoms with van der Waals surface area (Å²) in [5.41, 5.74) is 0. The molecule has 5 heteroatoms. The monoisotopic (exact) mass is 855 g/mol. The summed E-state index contributed by atoms with van der Waals surface area (Å²) in [6.07, 6.45) is 73.3. The molecule has 348 valence electrons. The normalized spacial score (nSPS) is 13.4. The Morgan fingerprint density at radius 2 is 0.742 bits per heavy atom. The minimum atomic E-state index is -0.604. The van der Waals surface area contributed by atoms with Crippen LogP contribution in [0.3, 0.4) is 0 Å². The van der Waals surface area contributed by atoms with E-state index < -0.39 is 6.10 Å². The minimum Gasteiger partial charge on any atom is -0.462 e. The van der Waals surface area contributed by atoms with Crippen molar-refractivity contribution in [3.63, 3.8) is 0 Å². The molecule has 0 rings (SSSR count). The fourth-order valence-electron chi connectivity index (χ4n) is 6.05. The third-order valence-corrected chi connectivity index (χ3v) is 9.65. The molecule has 1 unspecified atom stereocenters. The van der Waals surface area contributed by atoms with Crippen molar-refractivity contribution in [2.45, 2.75) is 194 Å². The summed E-state index contributed by atoms with van der Waals surface area (Å²) in [6, 6.07) is 0. The van der Waals surface area contributed by atoms with Crippen LogP contribution in [0.15, 0.2) is 134 Å². The SMILES string of the molecule is CC/C=C\C/C=C\C/C=C\C/C=C\C/C=C\CCCC(=O)OCC(COCCC/C=C\C/C=C\C/C=C\C/C=C\CC)OC(=O)CCCCCCC/C=C\C/C=C\CCCCC. The second kappa shape index (κ2) is 51.4. The van der Waals surface area contributed by atoms with Gasteiger partial charge in [-0.2, -0.15) is 0 Å². The molecule has 0 saturated heterocycles. The number of hydrogen-bond acceptors (Lipinski definition) is 5. The lowest BCUT2D eigenvalue weighted by Gasteiger charge is -2.18. The predicted molar refractivity (Wildman–Crippen MR) is 269 cm³/mol. The van der Waals surface area contributed by atoms with Crippen LogP contribution in [0.5, 0.6) is 0 Å². The van der Waals surface area contributed by atoms with Crippen molar-refractivity contribution in [3.05, 3.63) is 134 Å². The van der Waals surface area contributed by atoms with Gasteiger partial charge in [0, 0.05) is 19.4 Å². The highest BCUT2D eigenvalue weighted by Crippen LogP contribution is 2.11. The van der Waals surface area contributed by atoms with Crippen LogP contribution in [-0.2, 0) is 23.8 Å². The highest BCUT2D eigenvalue weighted by molar-refractivity contribution is 5.70. The Hall–Kier alpha value is -3.96. The van der Waals surface area contributed by atoms with Crippen LogP contribution in [0.2, 0.25) is 0 Å². The van der Waals surface area contributed by atoms with E-state index in [1.165, 1.54) is 38.5 Å². The lowest BCUT2D eigenvalue weighted by molar-refractivity contribution is -0.162. The Bertz CT molecular complexity index is 1330. The molecule has 0 aromatic heterocycles. The number of unbranched alkanes of at least 4 members (excludes halogenated alkanes) is 10. The maximum atomic E-state index is 12.8. The van der Waals surface area contributed by atoms with Gasteiger partial charge in [-0.25, -0.2) is 0 Å². The molecular formula is C57H90O5. The van der Waals surface area contributed by atoms with E-state index in [-0.39, 0.29) is 25.2 Å². The first-order valence-electron chi connectivity index (χ1n) is 24.7. The Morgan fingerprint density at radius 1 is 0.371 bits per heavy atom. The molecule has 0 fully saturated rings. The summed E-state index contributed by atoms with van der Waals surface area (Å²) in [5, 5.41) is 0. The molecule has 5 nitrogen and oxygen atoms in total. The summed E-state index contributed by atoms with van der Waals surface area (Å²) in [7, 11) is 0. The van der Waals surface area contributed by atoms with Crippen molar-refractivity contribution in [3.8, 4) is 0 Å². The van der Waals surface area contributed by atoms with Crippen molar-refractivity contribution in [2.75, 3.05) is 19.8 Å². The average molecular weight is 855 g/mol. The highest BCUT2D eigenvalue weighted by atomic mass is 16.6. The van der Waals surface area contributed by atoms with Crippen LogP contribution in [0, 0.1) is 0 Å². The van der Waals surface area contributed by atoms with Crippen LogP contribution >= 0.6 is 0 Å². The van der Waals surface area contributed by atoms with Gasteiger partial charge >= 0.3 is 11.9 Å². The molecule has 0 amide bonds. The third kappa shape index (κ3) is 48.7. The van der Waals surface area contributed by atoms with Gasteiger partial charge in [-0.15, -0.1) is 0 Å². The Kier molecular flexibility index (Phi) is 48.1. The van der Waals surface area contributed by atoms with Crippen molar-refractivity contribution >= 4 is 11.9 Å². The van der Waals surface area contributed by atoms with Crippen LogP contribution in [-0.4, -0.2) is 37.9 Å². The molecule has 0 aliphatic carbocycles. The molecular weight excluding hydrogens is 765 g/mol. The van der Waals surface area contributed by atoms with E-state index in [4.69, 9.17) is 14.2 Å². The number of carbonyl (C=O) groups is 2. The van der Waals surface area contributed by atoms with Gasteiger partial charge < -0.3 is 14.2 Å². The standard InChI is InChI=1S/C57H90O5/c1-4-7-10-13-16-19-22-25-28-29-31-32-35-38-41-44-47-50-56(58)61-54-55(53-60-52-49-46-43-40-37-34-27-24-21-18-15-12-9-6-3)62-57(59)51-48-45-42-39-36-33-30-26-23-20-17-14-11-8-5-2/h7,9-10,12,16-21,25-28,30-32,34,38,40-41,43,55H,4-6,8,11,13-15,22-24,29,33,35-37,39,42,44-54H2,1-3H3/b10-7-,12-9-,19-16-,20-17-,21-18-,28-25-,30-26-,32-31-,34-27-,41-38-,43-40-. The quantitative estimate of drug-likeness (QED) is 0.0347. The first-order chi connectivity index (χ1) is 30.6. The molecule has 0 N–H and O–H groups in total. The van der Waals surface area contributed by atoms with Crippen LogP contribution < -0.4 is 0 Å². The van der Waals surface area contributed by atoms with Crippen LogP contribution in [0.25, 0.3) is 0 Å². The summed E-state index contributed by atoms with van der Waals surface area (Å²) in [4.78, 5) is 25.3. The Morgan fingerprint density at radius 3 is 1.21 bits per heavy atom. The van der Waals surface area contributed by atoms with Gasteiger partial charge in [-0.1, -0.05) is 187 Å². The van der Waals surface area contributed by atoms with E-state index in [2.05, 4.69) is 154 Å². The zero-order valence-electron chi connectivity index (χ0n) is 39.8. The molecule has 0 aromatic carbocycles. The maximum absolute atomic E-state index is 12.8. The summed E-state index contributed by atoms with van der Waals surface area (Å²) in [5.74, 6) is -0.523. The van der Waals surface area contributed by atoms with E-state index in [1.807, 2.05) is 0 Å². The highest BCUT2D eigenvalue weighted by Gasteiger charge is 2.17. The molecule has 0 aromatic rings. The van der Waals surface area contributed by atoms with Gasteiger partial charge in [0.05, 0.1) is 6.61 Å². The van der Waals surface area contributed by atoms with Crippen LogP contribution in [0.1, 0.15) is 188 Å². The fourth-order valence-corrected chi connectivity index (χ4v) is 6.05. The van der Waals surface area contributed by atoms with E-state index >= 15 is 0 Å². The smallest absolute Gasteiger partial charge is 0.306 e. The number of allylic oxidation sites excluding steroid dienone is 22. The summed E-state index contributed by atoms with van der Waals surface area (Å²) in [6.45, 7) is 7.33. The molecule has 0 radical (unpaired) electrons. The van der Waals surface area contributed by atoms with Crippen molar-refractivity contribution in [1.29, 1.82) is 0 Å². The number of carbonyl (C=O) groups excluding carboxylic acids is 2. The van der Waals surface area contributed by atoms with Gasteiger partial charge in [0.2, 0.25) is 0 Å². The molecule has 0 saturated carbocycles. The van der Waals surface area contributed by atoms with E-state index in [1.54, 1.807) is 0 Å². The Labute approximate surface area is 381 Å². The second-order valence-electron chi connectivity index (χ2n) is 15.6. The molecule has 0 bridgehead atoms. The predicted octanol–water partition coefficient (Wildman–Crippen LogP) is 16.8. The zero-order chi connectivity index (χ0) is 44.9. The van der Waals surface area contributed by atoms with E-state index in [0.717, 1.165) is 109 Å². The summed E-state index contributed by atoms with van der Waals surface area (Å²) >= 11 is 0. The molecule has 1 atom stereocenters. The molecule has 0 heterocycles. The first-order valence-corrected chi connectivity index (χ1v) is 24.7. The van der Waals surface area contributed by atoms with Gasteiger partial charge in [-0.05, 0) is 122 Å². The zero-order valence-corrected chi connectivity index (χ0v) is 39.8. The van der Waals surface area contributed by atoms with Gasteiger partial charge in [-0.3, -0.25) is 9.59 Å². The number of hydrogen-bond donors (Lipinski definition) is 0. The fraction of sp³-hybridized carbons (Fsp3) is 0.579. The van der Waals surface area contributed by atoms with Crippen molar-refractivity contribution in [2.24, 2.45) is 0 Å². The van der Waals surface area contributed by atoms with Gasteiger partial charge in [0.15, 0.2) is 6.10 Å². The van der Waals surface area contributed by atoms with Gasteiger partial charge in [0.25, 0.3) is 0 Å². The lowest BCUT2D eigenvalue weighted by Crippen LogP contribution is -2.30. The van der Waals surface area contributed by atoms with Crippen molar-refractivity contribution in [1.82, 2.24) is 0 Å². The topological polar surface area (TPSA) is 61.8 Å². The largest absolute Gasteiger partial charge is 0.462 e. The lowest BCUT2D eigenvalue weighted by atomic mass is 10.1. The molecule has 0 spiro atoms. The first kappa shape index (κ1) is 58.0.